The highest BCUT2D eigenvalue weighted by molar-refractivity contribution is 6.08. The molecule has 0 aliphatic carbocycles. The Morgan fingerprint density at radius 2 is 2.08 bits per heavy atom. The lowest BCUT2D eigenvalue weighted by molar-refractivity contribution is -0.119. The van der Waals surface area contributed by atoms with Crippen LogP contribution in [0.3, 0.4) is 0 Å². The van der Waals surface area contributed by atoms with Crippen LogP contribution >= 0.6 is 0 Å². The molecule has 1 N–H and O–H groups in total. The third-order valence-corrected chi connectivity index (χ3v) is 4.80. The van der Waals surface area contributed by atoms with Gasteiger partial charge in [-0.1, -0.05) is 12.1 Å². The fraction of sp³-hybridized carbons (Fsp3) is 0.263. The predicted octanol–water partition coefficient (Wildman–Crippen LogP) is 3.47. The first-order valence-electron chi connectivity index (χ1n) is 8.10. The minimum Gasteiger partial charge on any atom is -0.322 e. The fourth-order valence-corrected chi connectivity index (χ4v) is 3.61. The van der Waals surface area contributed by atoms with Crippen LogP contribution in [0, 0.1) is 5.82 Å². The van der Waals surface area contributed by atoms with Crippen LogP contribution in [0.4, 0.5) is 15.8 Å². The first-order valence-corrected chi connectivity index (χ1v) is 8.10. The van der Waals surface area contributed by atoms with Crippen molar-refractivity contribution in [3.63, 3.8) is 0 Å². The number of aryl methyl sites for hydroxylation is 1. The first-order chi connectivity index (χ1) is 11.6. The van der Waals surface area contributed by atoms with Crippen molar-refractivity contribution in [1.82, 2.24) is 0 Å². The normalized spacial score (nSPS) is 18.5. The van der Waals surface area contributed by atoms with E-state index in [-0.39, 0.29) is 17.4 Å². The van der Waals surface area contributed by atoms with E-state index in [1.807, 2.05) is 24.0 Å². The van der Waals surface area contributed by atoms with E-state index >= 15 is 0 Å². The average Bonchev–Trinajstić information content (AvgIpc) is 2.82. The van der Waals surface area contributed by atoms with Crippen molar-refractivity contribution in [2.75, 3.05) is 16.8 Å². The third-order valence-electron chi connectivity index (χ3n) is 4.80. The highest BCUT2D eigenvalue weighted by atomic mass is 19.1. The van der Waals surface area contributed by atoms with Crippen molar-refractivity contribution < 1.29 is 14.0 Å². The summed E-state index contributed by atoms with van der Waals surface area (Å²) >= 11 is 0. The molecule has 122 valence electrons. The van der Waals surface area contributed by atoms with Gasteiger partial charge < -0.3 is 10.2 Å². The van der Waals surface area contributed by atoms with E-state index in [9.17, 15) is 14.0 Å². The fourth-order valence-electron chi connectivity index (χ4n) is 3.61. The number of amides is 2. The van der Waals surface area contributed by atoms with Crippen molar-refractivity contribution in [2.24, 2.45) is 0 Å². The second-order valence-corrected chi connectivity index (χ2v) is 6.32. The lowest BCUT2D eigenvalue weighted by Crippen LogP contribution is -2.32. The largest absolute Gasteiger partial charge is 0.322 e. The zero-order valence-corrected chi connectivity index (χ0v) is 13.3. The van der Waals surface area contributed by atoms with Gasteiger partial charge in [-0.15, -0.1) is 0 Å². The lowest BCUT2D eigenvalue weighted by Gasteiger charge is -2.26. The Morgan fingerprint density at radius 3 is 2.88 bits per heavy atom. The second kappa shape index (κ2) is 5.44. The Kier molecular flexibility index (Phi) is 3.37. The van der Waals surface area contributed by atoms with Gasteiger partial charge >= 0.3 is 0 Å². The predicted molar refractivity (Wildman–Crippen MR) is 89.9 cm³/mol. The zero-order chi connectivity index (χ0) is 16.8. The quantitative estimate of drug-likeness (QED) is 0.919. The number of carbonyl (C=O) groups excluding carboxylic acids is 2. The van der Waals surface area contributed by atoms with Crippen molar-refractivity contribution in [2.45, 2.75) is 25.7 Å². The van der Waals surface area contributed by atoms with Gasteiger partial charge in [-0.2, -0.15) is 0 Å². The molecule has 4 nitrogen and oxygen atoms in total. The molecular weight excluding hydrogens is 307 g/mol. The summed E-state index contributed by atoms with van der Waals surface area (Å²) < 4.78 is 13.8. The Hall–Kier alpha value is -2.69. The molecule has 0 aromatic heterocycles. The van der Waals surface area contributed by atoms with E-state index in [2.05, 4.69) is 5.32 Å². The number of halogens is 1. The lowest BCUT2D eigenvalue weighted by atomic mass is 9.96. The molecule has 1 atom stereocenters. The van der Waals surface area contributed by atoms with Gasteiger partial charge in [0.05, 0.1) is 17.2 Å². The summed E-state index contributed by atoms with van der Waals surface area (Å²) in [5.41, 5.74) is 3.64. The molecule has 0 bridgehead atoms. The maximum atomic E-state index is 13.8. The van der Waals surface area contributed by atoms with Crippen LogP contribution in [0.15, 0.2) is 36.4 Å². The maximum absolute atomic E-state index is 13.8. The molecule has 0 radical (unpaired) electrons. The minimum atomic E-state index is -0.549. The standard InChI is InChI=1S/C19H17FN2O2/c1-11-15-10-13(21-18(23)14-6-2-3-7-16(14)20)9-12-5-4-8-22(17(12)15)19(11)24/h2-3,6-7,9-11H,4-5,8H2,1H3,(H,21,23). The van der Waals surface area contributed by atoms with E-state index < -0.39 is 11.7 Å². The highest BCUT2D eigenvalue weighted by Gasteiger charge is 2.37. The molecule has 5 heteroatoms. The zero-order valence-electron chi connectivity index (χ0n) is 13.3. The van der Waals surface area contributed by atoms with Crippen LogP contribution < -0.4 is 10.2 Å². The molecule has 1 unspecified atom stereocenters. The van der Waals surface area contributed by atoms with Crippen LogP contribution in [0.1, 0.15) is 40.7 Å². The number of hydrogen-bond donors (Lipinski definition) is 1. The van der Waals surface area contributed by atoms with Crippen LogP contribution in [0.5, 0.6) is 0 Å². The van der Waals surface area contributed by atoms with Crippen LogP contribution in [-0.4, -0.2) is 18.4 Å². The molecule has 2 aromatic carbocycles. The van der Waals surface area contributed by atoms with Crippen LogP contribution in [0.2, 0.25) is 0 Å². The Morgan fingerprint density at radius 1 is 1.29 bits per heavy atom. The molecule has 0 saturated heterocycles. The molecule has 0 fully saturated rings. The van der Waals surface area contributed by atoms with E-state index in [0.717, 1.165) is 36.2 Å². The monoisotopic (exact) mass is 324 g/mol. The van der Waals surface area contributed by atoms with Gasteiger partial charge in [-0.3, -0.25) is 9.59 Å². The van der Waals surface area contributed by atoms with E-state index in [0.29, 0.717) is 5.69 Å². The van der Waals surface area contributed by atoms with Crippen molar-refractivity contribution in [3.8, 4) is 0 Å². The molecular formula is C19H17FN2O2. The maximum Gasteiger partial charge on any atom is 0.258 e. The molecule has 2 aliphatic heterocycles. The molecule has 0 saturated carbocycles. The van der Waals surface area contributed by atoms with Gasteiger partial charge in [-0.25, -0.2) is 4.39 Å². The summed E-state index contributed by atoms with van der Waals surface area (Å²) in [6.07, 6.45) is 1.79. The topological polar surface area (TPSA) is 49.4 Å². The summed E-state index contributed by atoms with van der Waals surface area (Å²) in [5.74, 6) is -1.12. The SMILES string of the molecule is CC1C(=O)N2CCCc3cc(NC(=O)c4ccccc4F)cc1c32. The Labute approximate surface area is 139 Å². The van der Waals surface area contributed by atoms with Gasteiger partial charge in [-0.05, 0) is 55.2 Å². The number of anilines is 2. The molecule has 0 spiro atoms. The third kappa shape index (κ3) is 2.19. The van der Waals surface area contributed by atoms with Crippen molar-refractivity contribution in [1.29, 1.82) is 0 Å². The Balaban J connectivity index is 1.70. The molecule has 24 heavy (non-hydrogen) atoms. The van der Waals surface area contributed by atoms with Gasteiger partial charge in [0.25, 0.3) is 5.91 Å². The van der Waals surface area contributed by atoms with Gasteiger partial charge in [0.15, 0.2) is 0 Å². The van der Waals surface area contributed by atoms with Gasteiger partial charge in [0, 0.05) is 12.2 Å². The van der Waals surface area contributed by atoms with Gasteiger partial charge in [0.2, 0.25) is 5.91 Å². The molecule has 2 amide bonds. The number of rotatable bonds is 2. The highest BCUT2D eigenvalue weighted by Crippen LogP contribution is 2.44. The number of carbonyl (C=O) groups is 2. The first kappa shape index (κ1) is 14.9. The van der Waals surface area contributed by atoms with Gasteiger partial charge in [0.1, 0.15) is 5.82 Å². The average molecular weight is 324 g/mol. The van der Waals surface area contributed by atoms with Crippen LogP contribution in [-0.2, 0) is 11.2 Å². The van der Waals surface area contributed by atoms with E-state index in [1.165, 1.54) is 12.1 Å². The number of benzene rings is 2. The molecule has 2 aliphatic rings. The summed E-state index contributed by atoms with van der Waals surface area (Å²) in [7, 11) is 0. The Bertz CT molecular complexity index is 862. The summed E-state index contributed by atoms with van der Waals surface area (Å²) in [4.78, 5) is 26.5. The molecule has 4 rings (SSSR count). The van der Waals surface area contributed by atoms with E-state index in [4.69, 9.17) is 0 Å². The van der Waals surface area contributed by atoms with Crippen molar-refractivity contribution >= 4 is 23.2 Å². The summed E-state index contributed by atoms with van der Waals surface area (Å²) in [6.45, 7) is 2.64. The minimum absolute atomic E-state index is 0.0115. The number of nitrogens with zero attached hydrogens (tertiary/aromatic N) is 1. The number of nitrogens with one attached hydrogen (secondary N) is 1. The number of hydrogen-bond acceptors (Lipinski definition) is 2. The van der Waals surface area contributed by atoms with Crippen molar-refractivity contribution in [3.05, 3.63) is 58.9 Å². The smallest absolute Gasteiger partial charge is 0.258 e. The van der Waals surface area contributed by atoms with Crippen LogP contribution in [0.25, 0.3) is 0 Å². The molecule has 2 aromatic rings. The summed E-state index contributed by atoms with van der Waals surface area (Å²) in [5, 5.41) is 2.77. The van der Waals surface area contributed by atoms with E-state index in [1.54, 1.807) is 12.1 Å². The summed E-state index contributed by atoms with van der Waals surface area (Å²) in [6, 6.07) is 9.63. The second-order valence-electron chi connectivity index (χ2n) is 6.32. The molecule has 2 heterocycles.